The molecule has 0 amide bonds. The van der Waals surface area contributed by atoms with E-state index in [-0.39, 0.29) is 6.42 Å². The second kappa shape index (κ2) is 4.74. The Hall–Kier alpha value is -2.53. The number of aliphatic hydroxyl groups is 1. The van der Waals surface area contributed by atoms with Crippen LogP contribution in [0.1, 0.15) is 6.42 Å². The summed E-state index contributed by atoms with van der Waals surface area (Å²) < 4.78 is 5.94. The van der Waals surface area contributed by atoms with Crippen molar-refractivity contribution in [2.24, 2.45) is 0 Å². The van der Waals surface area contributed by atoms with Gasteiger partial charge in [-0.05, 0) is 12.1 Å². The second-order valence-electron chi connectivity index (χ2n) is 5.65. The van der Waals surface area contributed by atoms with Gasteiger partial charge in [0.2, 0.25) is 0 Å². The van der Waals surface area contributed by atoms with Crippen molar-refractivity contribution in [3.63, 3.8) is 0 Å². The molecule has 1 fully saturated rings. The van der Waals surface area contributed by atoms with Crippen molar-refractivity contribution in [2.45, 2.75) is 18.6 Å². The van der Waals surface area contributed by atoms with E-state index in [1.165, 1.54) is 0 Å². The van der Waals surface area contributed by atoms with E-state index < -0.39 is 18.1 Å². The predicted octanol–water partition coefficient (Wildman–Crippen LogP) is 2.61. The van der Waals surface area contributed by atoms with Crippen LogP contribution in [0.3, 0.4) is 0 Å². The van der Waals surface area contributed by atoms with Gasteiger partial charge in [0.1, 0.15) is 11.6 Å². The van der Waals surface area contributed by atoms with Crippen molar-refractivity contribution in [1.82, 2.24) is 0 Å². The van der Waals surface area contributed by atoms with E-state index in [1.54, 1.807) is 4.90 Å². The molecule has 112 valence electrons. The predicted molar refractivity (Wildman–Crippen MR) is 83.1 cm³/mol. The van der Waals surface area contributed by atoms with Crippen LogP contribution in [0.4, 0.5) is 5.69 Å². The maximum atomic E-state index is 11.5. The van der Waals surface area contributed by atoms with Gasteiger partial charge in [0.05, 0.1) is 11.8 Å². The Kier molecular flexibility index (Phi) is 2.84. The van der Waals surface area contributed by atoms with Gasteiger partial charge in [-0.3, -0.25) is 0 Å². The number of β-amino-alcohol motifs (C(OH)–C–C–N with tert-alkyl or cyclic N) is 1. The summed E-state index contributed by atoms with van der Waals surface area (Å²) in [5.41, 5.74) is 2.17. The first-order valence-electron chi connectivity index (χ1n) is 7.23. The molecular weight excluding hydrogens is 282 g/mol. The average molecular weight is 297 g/mol. The lowest BCUT2D eigenvalue weighted by atomic mass is 10.1. The summed E-state index contributed by atoms with van der Waals surface area (Å²) in [4.78, 5) is 13.2. The molecule has 3 aromatic rings. The van der Waals surface area contributed by atoms with Gasteiger partial charge in [0, 0.05) is 23.7 Å². The molecule has 2 atom stereocenters. The third kappa shape index (κ3) is 1.86. The van der Waals surface area contributed by atoms with Crippen LogP contribution < -0.4 is 4.90 Å². The Morgan fingerprint density at radius 3 is 2.73 bits per heavy atom. The highest BCUT2D eigenvalue weighted by atomic mass is 16.4. The first-order chi connectivity index (χ1) is 10.6. The molecule has 5 heteroatoms. The molecule has 4 rings (SSSR count). The standard InChI is InChI=1S/C17H15NO4/c19-10-8-14(17(20)21)18(9-10)13-6-3-5-12-11-4-1-2-7-15(11)22-16(12)13/h1-7,10,14,19H,8-9H2,(H,20,21)/t10-,14-/m0/s1. The van der Waals surface area contributed by atoms with E-state index in [0.29, 0.717) is 12.1 Å². The van der Waals surface area contributed by atoms with Crippen molar-refractivity contribution in [3.05, 3.63) is 42.5 Å². The zero-order chi connectivity index (χ0) is 15.3. The zero-order valence-corrected chi connectivity index (χ0v) is 11.8. The third-order valence-electron chi connectivity index (χ3n) is 4.26. The van der Waals surface area contributed by atoms with Gasteiger partial charge in [0.25, 0.3) is 0 Å². The van der Waals surface area contributed by atoms with E-state index >= 15 is 0 Å². The third-order valence-corrected chi connectivity index (χ3v) is 4.26. The van der Waals surface area contributed by atoms with Gasteiger partial charge in [-0.2, -0.15) is 0 Å². The molecule has 1 aliphatic heterocycles. The number of aliphatic carboxylic acids is 1. The highest BCUT2D eigenvalue weighted by Gasteiger charge is 2.37. The van der Waals surface area contributed by atoms with Crippen LogP contribution in [0.2, 0.25) is 0 Å². The molecule has 5 nitrogen and oxygen atoms in total. The molecule has 0 saturated carbocycles. The topological polar surface area (TPSA) is 73.9 Å². The van der Waals surface area contributed by atoms with Crippen LogP contribution in [0.15, 0.2) is 46.9 Å². The number of fused-ring (bicyclic) bond motifs is 3. The zero-order valence-electron chi connectivity index (χ0n) is 11.8. The summed E-state index contributed by atoms with van der Waals surface area (Å²) in [6.07, 6.45) is -0.410. The number of hydrogen-bond donors (Lipinski definition) is 2. The molecule has 1 saturated heterocycles. The van der Waals surface area contributed by atoms with Crippen LogP contribution >= 0.6 is 0 Å². The van der Waals surface area contributed by atoms with Gasteiger partial charge in [-0.1, -0.05) is 30.3 Å². The lowest BCUT2D eigenvalue weighted by molar-refractivity contribution is -0.138. The van der Waals surface area contributed by atoms with Crippen molar-refractivity contribution < 1.29 is 19.4 Å². The summed E-state index contributed by atoms with van der Waals surface area (Å²) in [6.45, 7) is 0.299. The number of hydrogen-bond acceptors (Lipinski definition) is 4. The van der Waals surface area contributed by atoms with Crippen LogP contribution in [0.25, 0.3) is 21.9 Å². The number of furan rings is 1. The maximum absolute atomic E-state index is 11.5. The molecule has 0 bridgehead atoms. The Morgan fingerprint density at radius 1 is 1.14 bits per heavy atom. The summed E-state index contributed by atoms with van der Waals surface area (Å²) in [5.74, 6) is -0.926. The van der Waals surface area contributed by atoms with Crippen LogP contribution in [-0.4, -0.2) is 34.9 Å². The highest BCUT2D eigenvalue weighted by Crippen LogP contribution is 2.37. The molecule has 2 N–H and O–H groups in total. The van der Waals surface area contributed by atoms with Crippen LogP contribution in [0, 0.1) is 0 Å². The monoisotopic (exact) mass is 297 g/mol. The van der Waals surface area contributed by atoms with Crippen molar-refractivity contribution in [2.75, 3.05) is 11.4 Å². The number of benzene rings is 2. The quantitative estimate of drug-likeness (QED) is 0.760. The lowest BCUT2D eigenvalue weighted by Gasteiger charge is -2.23. The summed E-state index contributed by atoms with van der Waals surface area (Å²) in [6, 6.07) is 12.7. The van der Waals surface area contributed by atoms with Crippen molar-refractivity contribution in [3.8, 4) is 0 Å². The number of rotatable bonds is 2. The number of aliphatic hydroxyl groups excluding tert-OH is 1. The Bertz CT molecular complexity index is 869. The van der Waals surface area contributed by atoms with Gasteiger partial charge >= 0.3 is 5.97 Å². The lowest BCUT2D eigenvalue weighted by Crippen LogP contribution is -2.36. The highest BCUT2D eigenvalue weighted by molar-refractivity contribution is 6.09. The number of carboxylic acids is 1. The van der Waals surface area contributed by atoms with Gasteiger partial charge < -0.3 is 19.5 Å². The Labute approximate surface area is 126 Å². The minimum absolute atomic E-state index is 0.228. The molecule has 0 unspecified atom stereocenters. The van der Waals surface area contributed by atoms with Crippen LogP contribution in [-0.2, 0) is 4.79 Å². The summed E-state index contributed by atoms with van der Waals surface area (Å²) in [5, 5.41) is 21.2. The largest absolute Gasteiger partial charge is 0.480 e. The maximum Gasteiger partial charge on any atom is 0.326 e. The molecule has 0 spiro atoms. The molecule has 1 aromatic heterocycles. The molecule has 0 aliphatic carbocycles. The first-order valence-corrected chi connectivity index (χ1v) is 7.23. The molecule has 22 heavy (non-hydrogen) atoms. The number of nitrogens with zero attached hydrogens (tertiary/aromatic N) is 1. The van der Waals surface area contributed by atoms with Crippen molar-refractivity contribution >= 4 is 33.6 Å². The number of carbonyl (C=O) groups is 1. The fourth-order valence-electron chi connectivity index (χ4n) is 3.27. The summed E-state index contributed by atoms with van der Waals surface area (Å²) in [7, 11) is 0. The fourth-order valence-corrected chi connectivity index (χ4v) is 3.27. The molecular formula is C17H15NO4. The smallest absolute Gasteiger partial charge is 0.326 e. The van der Waals surface area contributed by atoms with Gasteiger partial charge in [-0.25, -0.2) is 4.79 Å². The molecule has 2 aromatic carbocycles. The van der Waals surface area contributed by atoms with E-state index in [2.05, 4.69) is 0 Å². The van der Waals surface area contributed by atoms with E-state index in [4.69, 9.17) is 4.42 Å². The number of carboxylic acid groups (broad SMARTS) is 1. The fraction of sp³-hybridized carbons (Fsp3) is 0.235. The van der Waals surface area contributed by atoms with Crippen LogP contribution in [0.5, 0.6) is 0 Å². The van der Waals surface area contributed by atoms with Crippen molar-refractivity contribution in [1.29, 1.82) is 0 Å². The molecule has 0 radical (unpaired) electrons. The average Bonchev–Trinajstić information content (AvgIpc) is 3.07. The molecule has 2 heterocycles. The normalized spacial score (nSPS) is 21.8. The number of anilines is 1. The first kappa shape index (κ1) is 13.2. The second-order valence-corrected chi connectivity index (χ2v) is 5.65. The molecule has 1 aliphatic rings. The van der Waals surface area contributed by atoms with E-state index in [0.717, 1.165) is 22.0 Å². The summed E-state index contributed by atoms with van der Waals surface area (Å²) >= 11 is 0. The van der Waals surface area contributed by atoms with Gasteiger partial charge in [0.15, 0.2) is 5.58 Å². The van der Waals surface area contributed by atoms with Gasteiger partial charge in [-0.15, -0.1) is 0 Å². The van der Waals surface area contributed by atoms with E-state index in [1.807, 2.05) is 42.5 Å². The number of para-hydroxylation sites is 2. The SMILES string of the molecule is O=C(O)[C@@H]1C[C@H](O)CN1c1cccc2c1oc1ccccc12. The van der Waals surface area contributed by atoms with E-state index in [9.17, 15) is 15.0 Å². The minimum Gasteiger partial charge on any atom is -0.480 e. The Morgan fingerprint density at radius 2 is 1.91 bits per heavy atom. The minimum atomic E-state index is -0.926. The Balaban J connectivity index is 1.93.